The number of amides is 1. The fourth-order valence-electron chi connectivity index (χ4n) is 2.31. The maximum absolute atomic E-state index is 12.3. The van der Waals surface area contributed by atoms with Crippen LogP contribution >= 0.6 is 0 Å². The summed E-state index contributed by atoms with van der Waals surface area (Å²) in [5.74, 6) is 0.180. The van der Waals surface area contributed by atoms with E-state index >= 15 is 0 Å². The molecule has 1 atom stereocenters. The van der Waals surface area contributed by atoms with Gasteiger partial charge in [-0.2, -0.15) is 0 Å². The lowest BCUT2D eigenvalue weighted by Crippen LogP contribution is -2.32. The third-order valence-corrected chi connectivity index (χ3v) is 3.60. The van der Waals surface area contributed by atoms with Crippen LogP contribution in [-0.2, 0) is 6.42 Å². The molecule has 0 aliphatic heterocycles. The number of rotatable bonds is 5. The van der Waals surface area contributed by atoms with Crippen LogP contribution in [0.15, 0.2) is 48.7 Å². The summed E-state index contributed by atoms with van der Waals surface area (Å²) < 4.78 is 0. The van der Waals surface area contributed by atoms with E-state index in [-0.39, 0.29) is 11.9 Å². The number of hydrogen-bond donors (Lipinski definition) is 1. The molecule has 0 aliphatic carbocycles. The number of pyridine rings is 1. The van der Waals surface area contributed by atoms with Gasteiger partial charge in [0.1, 0.15) is 5.69 Å². The highest BCUT2D eigenvalue weighted by Crippen LogP contribution is 2.22. The molecule has 1 heterocycles. The van der Waals surface area contributed by atoms with Crippen LogP contribution in [0.4, 0.5) is 0 Å². The van der Waals surface area contributed by atoms with E-state index in [4.69, 9.17) is 0 Å². The molecule has 0 fully saturated rings. The van der Waals surface area contributed by atoms with Crippen molar-refractivity contribution in [1.82, 2.24) is 10.3 Å². The summed E-state index contributed by atoms with van der Waals surface area (Å²) in [7, 11) is 0. The third-order valence-electron chi connectivity index (χ3n) is 3.60. The molecule has 0 saturated heterocycles. The number of nitrogens with one attached hydrogen (secondary N) is 1. The molecule has 1 aromatic carbocycles. The van der Waals surface area contributed by atoms with Gasteiger partial charge in [-0.1, -0.05) is 51.1 Å². The van der Waals surface area contributed by atoms with Crippen LogP contribution in [0.25, 0.3) is 0 Å². The summed E-state index contributed by atoms with van der Waals surface area (Å²) in [5, 5.41) is 3.09. The molecule has 1 N–H and O–H groups in total. The van der Waals surface area contributed by atoms with Crippen LogP contribution in [0.1, 0.15) is 48.4 Å². The number of aryl methyl sites for hydroxylation is 1. The van der Waals surface area contributed by atoms with Crippen molar-refractivity contribution in [2.75, 3.05) is 0 Å². The average molecular weight is 282 g/mol. The number of aromatic nitrogens is 1. The van der Waals surface area contributed by atoms with Gasteiger partial charge in [-0.25, -0.2) is 0 Å². The number of hydrogen-bond acceptors (Lipinski definition) is 2. The van der Waals surface area contributed by atoms with E-state index in [0.717, 1.165) is 12.0 Å². The monoisotopic (exact) mass is 282 g/mol. The smallest absolute Gasteiger partial charge is 0.270 e. The molecule has 0 radical (unpaired) electrons. The summed E-state index contributed by atoms with van der Waals surface area (Å²) in [6.45, 7) is 6.35. The largest absolute Gasteiger partial charge is 0.344 e. The second kappa shape index (κ2) is 7.02. The zero-order valence-corrected chi connectivity index (χ0v) is 12.8. The van der Waals surface area contributed by atoms with E-state index in [2.05, 4.69) is 55.3 Å². The van der Waals surface area contributed by atoms with E-state index in [0.29, 0.717) is 11.6 Å². The van der Waals surface area contributed by atoms with Gasteiger partial charge < -0.3 is 5.32 Å². The minimum Gasteiger partial charge on any atom is -0.344 e. The summed E-state index contributed by atoms with van der Waals surface area (Å²) >= 11 is 0. The Bertz CT molecular complexity index is 576. The Hall–Kier alpha value is -2.16. The van der Waals surface area contributed by atoms with Gasteiger partial charge in [0.05, 0.1) is 6.04 Å². The summed E-state index contributed by atoms with van der Waals surface area (Å²) in [6.07, 6.45) is 2.66. The molecular weight excluding hydrogens is 260 g/mol. The van der Waals surface area contributed by atoms with E-state index in [1.54, 1.807) is 18.3 Å². The van der Waals surface area contributed by atoms with Crippen molar-refractivity contribution in [2.24, 2.45) is 5.92 Å². The Balaban J connectivity index is 2.17. The minimum absolute atomic E-state index is 0.00888. The van der Waals surface area contributed by atoms with E-state index < -0.39 is 0 Å². The fourth-order valence-corrected chi connectivity index (χ4v) is 2.31. The molecule has 1 unspecified atom stereocenters. The first-order valence-corrected chi connectivity index (χ1v) is 7.42. The van der Waals surface area contributed by atoms with Gasteiger partial charge in [0, 0.05) is 6.20 Å². The standard InChI is InChI=1S/C18H22N2O/c1-4-14-8-10-15(11-9-14)17(13(2)3)20-18(21)16-7-5-6-12-19-16/h5-13,17H,4H2,1-3H3,(H,20,21). The van der Waals surface area contributed by atoms with Crippen molar-refractivity contribution in [2.45, 2.75) is 33.2 Å². The Morgan fingerprint density at radius 1 is 1.14 bits per heavy atom. The van der Waals surface area contributed by atoms with E-state index in [9.17, 15) is 4.79 Å². The van der Waals surface area contributed by atoms with Crippen molar-refractivity contribution in [3.63, 3.8) is 0 Å². The normalized spacial score (nSPS) is 12.2. The number of nitrogens with zero attached hydrogens (tertiary/aromatic N) is 1. The predicted molar refractivity (Wildman–Crippen MR) is 85.1 cm³/mol. The maximum atomic E-state index is 12.3. The first-order valence-electron chi connectivity index (χ1n) is 7.42. The van der Waals surface area contributed by atoms with Crippen LogP contribution < -0.4 is 5.32 Å². The van der Waals surface area contributed by atoms with E-state index in [1.807, 2.05) is 6.07 Å². The average Bonchev–Trinajstić information content (AvgIpc) is 2.53. The molecule has 0 bridgehead atoms. The summed E-state index contributed by atoms with van der Waals surface area (Å²) in [5.41, 5.74) is 2.89. The van der Waals surface area contributed by atoms with Crippen molar-refractivity contribution >= 4 is 5.91 Å². The molecule has 21 heavy (non-hydrogen) atoms. The zero-order valence-electron chi connectivity index (χ0n) is 12.8. The van der Waals surface area contributed by atoms with Crippen molar-refractivity contribution < 1.29 is 4.79 Å². The van der Waals surface area contributed by atoms with Gasteiger partial charge in [0.2, 0.25) is 0 Å². The van der Waals surface area contributed by atoms with Crippen LogP contribution in [-0.4, -0.2) is 10.9 Å². The maximum Gasteiger partial charge on any atom is 0.270 e. The second-order valence-corrected chi connectivity index (χ2v) is 5.51. The molecule has 0 saturated carbocycles. The fraction of sp³-hybridized carbons (Fsp3) is 0.333. The van der Waals surface area contributed by atoms with Gasteiger partial charge in [-0.3, -0.25) is 9.78 Å². The quantitative estimate of drug-likeness (QED) is 0.907. The molecule has 1 amide bonds. The first-order chi connectivity index (χ1) is 10.1. The Morgan fingerprint density at radius 3 is 2.38 bits per heavy atom. The van der Waals surface area contributed by atoms with Gasteiger partial charge in [-0.05, 0) is 35.6 Å². The molecular formula is C18H22N2O. The Morgan fingerprint density at radius 2 is 1.86 bits per heavy atom. The highest BCUT2D eigenvalue weighted by Gasteiger charge is 2.19. The first kappa shape index (κ1) is 15.2. The summed E-state index contributed by atoms with van der Waals surface area (Å²) in [6, 6.07) is 13.8. The Kier molecular flexibility index (Phi) is 5.09. The highest BCUT2D eigenvalue weighted by molar-refractivity contribution is 5.92. The second-order valence-electron chi connectivity index (χ2n) is 5.51. The molecule has 2 aromatic rings. The minimum atomic E-state index is -0.131. The number of carbonyl (C=O) groups excluding carboxylic acids is 1. The van der Waals surface area contributed by atoms with E-state index in [1.165, 1.54) is 5.56 Å². The van der Waals surface area contributed by atoms with Gasteiger partial charge in [0.25, 0.3) is 5.91 Å². The van der Waals surface area contributed by atoms with Crippen molar-refractivity contribution in [3.05, 3.63) is 65.5 Å². The zero-order chi connectivity index (χ0) is 15.2. The third kappa shape index (κ3) is 3.91. The molecule has 0 aliphatic rings. The predicted octanol–water partition coefficient (Wildman–Crippen LogP) is 3.77. The molecule has 2 rings (SSSR count). The van der Waals surface area contributed by atoms with Crippen LogP contribution in [0.5, 0.6) is 0 Å². The SMILES string of the molecule is CCc1ccc(C(NC(=O)c2ccccn2)C(C)C)cc1. The van der Waals surface area contributed by atoms with Gasteiger partial charge in [0.15, 0.2) is 0 Å². The van der Waals surface area contributed by atoms with Gasteiger partial charge >= 0.3 is 0 Å². The van der Waals surface area contributed by atoms with Crippen molar-refractivity contribution in [1.29, 1.82) is 0 Å². The molecule has 3 nitrogen and oxygen atoms in total. The van der Waals surface area contributed by atoms with Crippen LogP contribution in [0, 0.1) is 5.92 Å². The lowest BCUT2D eigenvalue weighted by atomic mass is 9.94. The summed E-state index contributed by atoms with van der Waals surface area (Å²) in [4.78, 5) is 16.4. The molecule has 3 heteroatoms. The molecule has 110 valence electrons. The number of benzene rings is 1. The lowest BCUT2D eigenvalue weighted by Gasteiger charge is -2.23. The van der Waals surface area contributed by atoms with Gasteiger partial charge in [-0.15, -0.1) is 0 Å². The molecule has 0 spiro atoms. The number of carbonyl (C=O) groups is 1. The highest BCUT2D eigenvalue weighted by atomic mass is 16.1. The Labute approximate surface area is 126 Å². The lowest BCUT2D eigenvalue weighted by molar-refractivity contribution is 0.0920. The van der Waals surface area contributed by atoms with Crippen LogP contribution in [0.2, 0.25) is 0 Å². The molecule has 1 aromatic heterocycles. The van der Waals surface area contributed by atoms with Crippen molar-refractivity contribution in [3.8, 4) is 0 Å². The topological polar surface area (TPSA) is 42.0 Å². The van der Waals surface area contributed by atoms with Crippen LogP contribution in [0.3, 0.4) is 0 Å².